The first kappa shape index (κ1) is 15.5. The van der Waals surface area contributed by atoms with Crippen molar-refractivity contribution in [3.63, 3.8) is 0 Å². The fourth-order valence-electron chi connectivity index (χ4n) is 2.37. The molecule has 1 aliphatic heterocycles. The number of rotatable bonds is 2. The van der Waals surface area contributed by atoms with Gasteiger partial charge in [0.15, 0.2) is 0 Å². The quantitative estimate of drug-likeness (QED) is 0.657. The molecule has 0 unspecified atom stereocenters. The molecule has 2 N–H and O–H groups in total. The smallest absolute Gasteiger partial charge is 0.285 e. The lowest BCUT2D eigenvalue weighted by atomic mass is 10.1. The lowest BCUT2D eigenvalue weighted by Crippen LogP contribution is -2.29. The third-order valence-corrected chi connectivity index (χ3v) is 3.57. The van der Waals surface area contributed by atoms with Crippen LogP contribution >= 0.6 is 0 Å². The molecule has 2 aromatic carbocycles. The molecular weight excluding hydrogens is 308 g/mol. The van der Waals surface area contributed by atoms with Crippen molar-refractivity contribution >= 4 is 23.6 Å². The molecule has 0 spiro atoms. The molecule has 2 amide bonds. The van der Waals surface area contributed by atoms with E-state index in [1.165, 1.54) is 24.3 Å². The molecule has 0 saturated carbocycles. The van der Waals surface area contributed by atoms with E-state index >= 15 is 0 Å². The summed E-state index contributed by atoms with van der Waals surface area (Å²) in [5, 5.41) is 24.0. The number of hydrazone groups is 1. The summed E-state index contributed by atoms with van der Waals surface area (Å²) in [6.45, 7) is 1.62. The van der Waals surface area contributed by atoms with E-state index in [1.807, 2.05) is 0 Å². The zero-order chi connectivity index (χ0) is 17.3. The van der Waals surface area contributed by atoms with Gasteiger partial charge in [-0.1, -0.05) is 24.3 Å². The highest BCUT2D eigenvalue weighted by Crippen LogP contribution is 2.24. The van der Waals surface area contributed by atoms with Crippen molar-refractivity contribution in [3.8, 4) is 11.5 Å². The van der Waals surface area contributed by atoms with Crippen molar-refractivity contribution in [3.05, 3.63) is 65.2 Å². The van der Waals surface area contributed by atoms with E-state index in [2.05, 4.69) is 5.10 Å². The third kappa shape index (κ3) is 2.77. The first-order valence-corrected chi connectivity index (χ1v) is 7.20. The topological polar surface area (TPSA) is 90.2 Å². The Morgan fingerprint density at radius 3 is 2.58 bits per heavy atom. The van der Waals surface area contributed by atoms with Crippen LogP contribution in [0.25, 0.3) is 6.08 Å². The molecule has 1 heterocycles. The number of para-hydroxylation sites is 1. The maximum Gasteiger partial charge on any atom is 0.285 e. The molecule has 24 heavy (non-hydrogen) atoms. The molecule has 0 radical (unpaired) electrons. The summed E-state index contributed by atoms with van der Waals surface area (Å²) in [6.07, 6.45) is 1.55. The molecule has 0 fully saturated rings. The number of imide groups is 1. The van der Waals surface area contributed by atoms with E-state index in [-0.39, 0.29) is 22.6 Å². The summed E-state index contributed by atoms with van der Waals surface area (Å²) in [7, 11) is 0. The van der Waals surface area contributed by atoms with Crippen LogP contribution in [-0.4, -0.2) is 32.7 Å². The zero-order valence-electron chi connectivity index (χ0n) is 12.8. The van der Waals surface area contributed by atoms with Gasteiger partial charge in [0.05, 0.1) is 16.8 Å². The maximum atomic E-state index is 12.5. The molecule has 0 saturated heterocycles. The summed E-state index contributed by atoms with van der Waals surface area (Å²) in [4.78, 5) is 25.0. The second-order valence-corrected chi connectivity index (χ2v) is 5.28. The van der Waals surface area contributed by atoms with Gasteiger partial charge in [-0.3, -0.25) is 9.59 Å². The molecule has 6 nitrogen and oxygen atoms in total. The van der Waals surface area contributed by atoms with Crippen molar-refractivity contribution in [2.75, 3.05) is 0 Å². The Kier molecular flexibility index (Phi) is 3.87. The number of hydrogen-bond acceptors (Lipinski definition) is 5. The van der Waals surface area contributed by atoms with Gasteiger partial charge in [-0.05, 0) is 42.8 Å². The van der Waals surface area contributed by atoms with E-state index in [0.29, 0.717) is 11.3 Å². The van der Waals surface area contributed by atoms with E-state index in [0.717, 1.165) is 5.01 Å². The van der Waals surface area contributed by atoms with Crippen molar-refractivity contribution in [1.82, 2.24) is 5.01 Å². The van der Waals surface area contributed by atoms with Gasteiger partial charge in [0.1, 0.15) is 11.5 Å². The molecule has 6 heteroatoms. The fraction of sp³-hybridized carbons (Fsp3) is 0.0556. The highest BCUT2D eigenvalue weighted by atomic mass is 16.3. The minimum atomic E-state index is -0.697. The highest BCUT2D eigenvalue weighted by Gasteiger charge is 2.33. The zero-order valence-corrected chi connectivity index (χ0v) is 12.8. The predicted octanol–water partition coefficient (Wildman–Crippen LogP) is 2.54. The van der Waals surface area contributed by atoms with Crippen molar-refractivity contribution < 1.29 is 19.8 Å². The van der Waals surface area contributed by atoms with Gasteiger partial charge in [0, 0.05) is 0 Å². The molecule has 0 atom stereocenters. The third-order valence-electron chi connectivity index (χ3n) is 3.57. The monoisotopic (exact) mass is 322 g/mol. The van der Waals surface area contributed by atoms with Gasteiger partial charge >= 0.3 is 0 Å². The number of nitrogens with zero attached hydrogens (tertiary/aromatic N) is 2. The molecule has 0 aliphatic carbocycles. The van der Waals surface area contributed by atoms with Crippen LogP contribution in [0.4, 0.5) is 0 Å². The van der Waals surface area contributed by atoms with E-state index in [9.17, 15) is 19.8 Å². The summed E-state index contributed by atoms with van der Waals surface area (Å²) in [5.74, 6) is -1.42. The van der Waals surface area contributed by atoms with Crippen LogP contribution in [0.3, 0.4) is 0 Å². The molecular formula is C18H14N2O4. The van der Waals surface area contributed by atoms with Crippen LogP contribution in [0.15, 0.2) is 59.2 Å². The Labute approximate surface area is 138 Å². The second-order valence-electron chi connectivity index (χ2n) is 5.28. The predicted molar refractivity (Wildman–Crippen MR) is 88.5 cm³/mol. The van der Waals surface area contributed by atoms with Gasteiger partial charge in [-0.15, -0.1) is 0 Å². The molecule has 0 bridgehead atoms. The van der Waals surface area contributed by atoms with Crippen LogP contribution in [0, 0.1) is 0 Å². The molecule has 1 aliphatic rings. The number of aromatic hydroxyl groups is 2. The van der Waals surface area contributed by atoms with Gasteiger partial charge in [-0.2, -0.15) is 10.1 Å². The van der Waals surface area contributed by atoms with Crippen molar-refractivity contribution in [2.45, 2.75) is 6.92 Å². The number of benzene rings is 2. The van der Waals surface area contributed by atoms with Gasteiger partial charge < -0.3 is 10.2 Å². The average molecular weight is 322 g/mol. The van der Waals surface area contributed by atoms with Crippen molar-refractivity contribution in [2.24, 2.45) is 5.10 Å². The van der Waals surface area contributed by atoms with Gasteiger partial charge in [0.25, 0.3) is 11.8 Å². The number of carbonyl (C=O) groups is 2. The Bertz CT molecular complexity index is 899. The Morgan fingerprint density at radius 1 is 1.12 bits per heavy atom. The lowest BCUT2D eigenvalue weighted by molar-refractivity contribution is -0.123. The van der Waals surface area contributed by atoms with Gasteiger partial charge in [0.2, 0.25) is 0 Å². The fourth-order valence-corrected chi connectivity index (χ4v) is 2.37. The standard InChI is InChI=1S/C18H14N2O4/c1-11-15(10-12-5-4-6-13(21)9-12)18(24)20(19-11)17(23)14-7-2-3-8-16(14)22/h2-10,21-22H,1H3/b15-10+. The largest absolute Gasteiger partial charge is 0.508 e. The van der Waals surface area contributed by atoms with Crippen LogP contribution < -0.4 is 0 Å². The normalized spacial score (nSPS) is 15.7. The van der Waals surface area contributed by atoms with E-state index in [4.69, 9.17) is 0 Å². The van der Waals surface area contributed by atoms with Crippen LogP contribution in [0.5, 0.6) is 11.5 Å². The molecule has 2 aromatic rings. The average Bonchev–Trinajstić information content (AvgIpc) is 2.83. The van der Waals surface area contributed by atoms with Crippen LogP contribution in [-0.2, 0) is 4.79 Å². The number of carbonyl (C=O) groups excluding carboxylic acids is 2. The summed E-state index contributed by atoms with van der Waals surface area (Å²) in [5.41, 5.74) is 1.25. The number of amides is 2. The van der Waals surface area contributed by atoms with Crippen molar-refractivity contribution in [1.29, 1.82) is 0 Å². The SMILES string of the molecule is CC1=NN(C(=O)c2ccccc2O)C(=O)/C1=C/c1cccc(O)c1. The summed E-state index contributed by atoms with van der Waals surface area (Å²) in [6, 6.07) is 12.4. The minimum absolute atomic E-state index is 0.000931. The lowest BCUT2D eigenvalue weighted by Gasteiger charge is -2.10. The summed E-state index contributed by atoms with van der Waals surface area (Å²) < 4.78 is 0. The molecule has 0 aromatic heterocycles. The number of phenolic OH excluding ortho intramolecular Hbond substituents is 2. The number of hydrogen-bond donors (Lipinski definition) is 2. The Hall–Kier alpha value is -3.41. The number of phenols is 2. The highest BCUT2D eigenvalue weighted by molar-refractivity contribution is 6.30. The first-order chi connectivity index (χ1) is 11.5. The maximum absolute atomic E-state index is 12.5. The molecule has 3 rings (SSSR count). The molecule has 120 valence electrons. The van der Waals surface area contributed by atoms with Crippen LogP contribution in [0.1, 0.15) is 22.8 Å². The Balaban J connectivity index is 1.94. The van der Waals surface area contributed by atoms with E-state index < -0.39 is 11.8 Å². The summed E-state index contributed by atoms with van der Waals surface area (Å²) >= 11 is 0. The van der Waals surface area contributed by atoms with Gasteiger partial charge in [-0.25, -0.2) is 0 Å². The minimum Gasteiger partial charge on any atom is -0.508 e. The van der Waals surface area contributed by atoms with E-state index in [1.54, 1.807) is 37.3 Å². The second kappa shape index (κ2) is 6.00. The Morgan fingerprint density at radius 2 is 1.88 bits per heavy atom. The first-order valence-electron chi connectivity index (χ1n) is 7.20. The van der Waals surface area contributed by atoms with Crippen LogP contribution in [0.2, 0.25) is 0 Å².